The van der Waals surface area contributed by atoms with Crippen LogP contribution in [0.25, 0.3) is 0 Å². The molecule has 54 valence electrons. The zero-order valence-electron chi connectivity index (χ0n) is 5.98. The fourth-order valence-corrected chi connectivity index (χ4v) is 1.45. The van der Waals surface area contributed by atoms with Crippen LogP contribution < -0.4 is 10.6 Å². The van der Waals surface area contributed by atoms with Crippen LogP contribution in [0.4, 0.5) is 0 Å². The molecule has 2 rings (SSSR count). The van der Waals surface area contributed by atoms with Crippen molar-refractivity contribution in [3.05, 3.63) is 23.4 Å². The third-order valence-electron chi connectivity index (χ3n) is 2.01. The van der Waals surface area contributed by atoms with Gasteiger partial charge in [-0.15, -0.1) is 0 Å². The molecule has 2 aliphatic rings. The van der Waals surface area contributed by atoms with Gasteiger partial charge in [0.05, 0.1) is 6.67 Å². The van der Waals surface area contributed by atoms with Crippen molar-refractivity contribution in [2.45, 2.75) is 12.8 Å². The summed E-state index contributed by atoms with van der Waals surface area (Å²) in [5.41, 5.74) is 2.89. The summed E-state index contributed by atoms with van der Waals surface area (Å²) in [6.07, 6.45) is 6.87. The summed E-state index contributed by atoms with van der Waals surface area (Å²) in [4.78, 5) is 0. The molecule has 0 saturated heterocycles. The second-order valence-electron chi connectivity index (χ2n) is 2.73. The molecule has 0 fully saturated rings. The third kappa shape index (κ3) is 0.948. The van der Waals surface area contributed by atoms with Gasteiger partial charge in [-0.2, -0.15) is 0 Å². The zero-order chi connectivity index (χ0) is 6.81. The highest BCUT2D eigenvalue weighted by molar-refractivity contribution is 5.31. The normalized spacial score (nSPS) is 24.0. The van der Waals surface area contributed by atoms with E-state index in [0.717, 1.165) is 13.2 Å². The van der Waals surface area contributed by atoms with E-state index in [4.69, 9.17) is 0 Å². The first-order valence-electron chi connectivity index (χ1n) is 3.80. The second kappa shape index (κ2) is 2.46. The van der Waals surface area contributed by atoms with Crippen LogP contribution in [-0.4, -0.2) is 13.2 Å². The second-order valence-corrected chi connectivity index (χ2v) is 2.73. The van der Waals surface area contributed by atoms with E-state index in [1.54, 1.807) is 0 Å². The Morgan fingerprint density at radius 3 is 3.30 bits per heavy atom. The molecule has 0 spiro atoms. The number of nitrogens with one attached hydrogen (secondary N) is 2. The molecule has 0 amide bonds. The lowest BCUT2D eigenvalue weighted by molar-refractivity contribution is 0.596. The van der Waals surface area contributed by atoms with Gasteiger partial charge in [-0.3, -0.25) is 5.32 Å². The first-order chi connectivity index (χ1) is 4.97. The number of rotatable bonds is 0. The van der Waals surface area contributed by atoms with E-state index in [-0.39, 0.29) is 0 Å². The minimum Gasteiger partial charge on any atom is -0.376 e. The molecule has 0 radical (unpaired) electrons. The van der Waals surface area contributed by atoms with E-state index >= 15 is 0 Å². The van der Waals surface area contributed by atoms with E-state index < -0.39 is 0 Å². The van der Waals surface area contributed by atoms with Crippen molar-refractivity contribution in [2.75, 3.05) is 13.2 Å². The minimum absolute atomic E-state index is 0.937. The van der Waals surface area contributed by atoms with Crippen LogP contribution in [0.2, 0.25) is 0 Å². The van der Waals surface area contributed by atoms with Gasteiger partial charge in [0.25, 0.3) is 0 Å². The van der Waals surface area contributed by atoms with Gasteiger partial charge < -0.3 is 5.32 Å². The Labute approximate surface area is 61.0 Å². The van der Waals surface area contributed by atoms with Crippen molar-refractivity contribution in [3.63, 3.8) is 0 Å². The smallest absolute Gasteiger partial charge is 0.0653 e. The monoisotopic (exact) mass is 136 g/mol. The minimum atomic E-state index is 0.937. The van der Waals surface area contributed by atoms with Gasteiger partial charge in [-0.25, -0.2) is 0 Å². The first kappa shape index (κ1) is 5.98. The molecule has 0 atom stereocenters. The first-order valence-corrected chi connectivity index (χ1v) is 3.80. The van der Waals surface area contributed by atoms with E-state index in [2.05, 4.69) is 22.8 Å². The lowest BCUT2D eigenvalue weighted by atomic mass is 10.0. The van der Waals surface area contributed by atoms with Crippen LogP contribution in [-0.2, 0) is 0 Å². The molecule has 1 aliphatic heterocycles. The Morgan fingerprint density at radius 1 is 1.40 bits per heavy atom. The molecule has 0 aromatic carbocycles. The summed E-state index contributed by atoms with van der Waals surface area (Å²) in [6, 6.07) is 0. The van der Waals surface area contributed by atoms with Crippen molar-refractivity contribution in [1.29, 1.82) is 0 Å². The van der Waals surface area contributed by atoms with Gasteiger partial charge in [-0.1, -0.05) is 12.2 Å². The summed E-state index contributed by atoms with van der Waals surface area (Å²) in [6.45, 7) is 1.98. The van der Waals surface area contributed by atoms with Crippen molar-refractivity contribution in [3.8, 4) is 0 Å². The van der Waals surface area contributed by atoms with Crippen LogP contribution in [0.15, 0.2) is 23.4 Å². The molecule has 2 heteroatoms. The van der Waals surface area contributed by atoms with Gasteiger partial charge in [-0.05, 0) is 18.4 Å². The Morgan fingerprint density at radius 2 is 2.40 bits per heavy atom. The van der Waals surface area contributed by atoms with E-state index in [0.29, 0.717) is 0 Å². The molecule has 2 N–H and O–H groups in total. The van der Waals surface area contributed by atoms with Gasteiger partial charge >= 0.3 is 0 Å². The Hall–Kier alpha value is -0.760. The quantitative estimate of drug-likeness (QED) is 0.513. The van der Waals surface area contributed by atoms with Crippen molar-refractivity contribution < 1.29 is 0 Å². The summed E-state index contributed by atoms with van der Waals surface area (Å²) < 4.78 is 0. The fourth-order valence-electron chi connectivity index (χ4n) is 1.45. The highest BCUT2D eigenvalue weighted by Gasteiger charge is 2.10. The standard InChI is InChI=1S/C8H12N2/c1-2-4-8-7(3-1)5-9-6-10-8/h1,3,9-10H,2,4-6H2. The number of hydrogen-bond donors (Lipinski definition) is 2. The van der Waals surface area contributed by atoms with Gasteiger partial charge in [0.1, 0.15) is 0 Å². The highest BCUT2D eigenvalue weighted by atomic mass is 15.1. The maximum absolute atomic E-state index is 3.34. The van der Waals surface area contributed by atoms with Gasteiger partial charge in [0, 0.05) is 12.2 Å². The maximum atomic E-state index is 3.34. The molecule has 1 heterocycles. The van der Waals surface area contributed by atoms with Gasteiger partial charge in [0.15, 0.2) is 0 Å². The van der Waals surface area contributed by atoms with Gasteiger partial charge in [0.2, 0.25) is 0 Å². The van der Waals surface area contributed by atoms with Crippen molar-refractivity contribution in [1.82, 2.24) is 10.6 Å². The molecule has 0 aromatic heterocycles. The number of hydrogen-bond acceptors (Lipinski definition) is 2. The zero-order valence-corrected chi connectivity index (χ0v) is 5.98. The molecule has 0 saturated carbocycles. The Kier molecular flexibility index (Phi) is 1.47. The van der Waals surface area contributed by atoms with Crippen molar-refractivity contribution in [2.24, 2.45) is 0 Å². The molecule has 2 nitrogen and oxygen atoms in total. The Balaban J connectivity index is 2.23. The predicted molar refractivity (Wildman–Crippen MR) is 41.4 cm³/mol. The molecule has 0 unspecified atom stereocenters. The lowest BCUT2D eigenvalue weighted by Crippen LogP contribution is -2.36. The van der Waals surface area contributed by atoms with Crippen LogP contribution in [0.1, 0.15) is 12.8 Å². The van der Waals surface area contributed by atoms with Crippen LogP contribution in [0, 0.1) is 0 Å². The summed E-state index contributed by atoms with van der Waals surface area (Å²) in [5, 5.41) is 6.60. The number of allylic oxidation sites excluding steroid dienone is 2. The third-order valence-corrected chi connectivity index (χ3v) is 2.01. The average molecular weight is 136 g/mol. The predicted octanol–water partition coefficient (Wildman–Crippen LogP) is 0.741. The molecule has 0 aromatic rings. The summed E-state index contributed by atoms with van der Waals surface area (Å²) in [5.74, 6) is 0. The molecule has 0 bridgehead atoms. The fraction of sp³-hybridized carbons (Fsp3) is 0.500. The maximum Gasteiger partial charge on any atom is 0.0653 e. The lowest BCUT2D eigenvalue weighted by Gasteiger charge is -2.23. The van der Waals surface area contributed by atoms with E-state index in [1.165, 1.54) is 24.1 Å². The van der Waals surface area contributed by atoms with Crippen LogP contribution >= 0.6 is 0 Å². The Bertz CT molecular complexity index is 191. The topological polar surface area (TPSA) is 24.1 Å². The SMILES string of the molecule is C1=CC2=C(CC1)NCNC2. The summed E-state index contributed by atoms with van der Waals surface area (Å²) in [7, 11) is 0. The van der Waals surface area contributed by atoms with E-state index in [9.17, 15) is 0 Å². The largest absolute Gasteiger partial charge is 0.376 e. The average Bonchev–Trinajstić information content (AvgIpc) is 2.05. The molecular formula is C8H12N2. The highest BCUT2D eigenvalue weighted by Crippen LogP contribution is 2.16. The molecule has 1 aliphatic carbocycles. The van der Waals surface area contributed by atoms with E-state index in [1.807, 2.05) is 0 Å². The van der Waals surface area contributed by atoms with Crippen LogP contribution in [0.3, 0.4) is 0 Å². The summed E-state index contributed by atoms with van der Waals surface area (Å²) >= 11 is 0. The van der Waals surface area contributed by atoms with Crippen molar-refractivity contribution >= 4 is 0 Å². The van der Waals surface area contributed by atoms with Crippen LogP contribution in [0.5, 0.6) is 0 Å². The molecular weight excluding hydrogens is 124 g/mol. The molecule has 10 heavy (non-hydrogen) atoms.